The van der Waals surface area contributed by atoms with Gasteiger partial charge in [0, 0.05) is 19.1 Å². The lowest BCUT2D eigenvalue weighted by Gasteiger charge is -2.38. The van der Waals surface area contributed by atoms with Gasteiger partial charge in [0.1, 0.15) is 0 Å². The number of carbonyl (C=O) groups excluding carboxylic acids is 1. The topological polar surface area (TPSA) is 23.6 Å². The molecule has 116 valence electrons. The summed E-state index contributed by atoms with van der Waals surface area (Å²) >= 11 is 0. The van der Waals surface area contributed by atoms with Gasteiger partial charge in [0.15, 0.2) is 0 Å². The van der Waals surface area contributed by atoms with Crippen LogP contribution in [0.1, 0.15) is 52.9 Å². The van der Waals surface area contributed by atoms with Crippen LogP contribution in [0.15, 0.2) is 0 Å². The van der Waals surface area contributed by atoms with Crippen molar-refractivity contribution in [1.82, 2.24) is 9.80 Å². The van der Waals surface area contributed by atoms with E-state index >= 15 is 0 Å². The van der Waals surface area contributed by atoms with E-state index in [0.29, 0.717) is 30.3 Å². The molecule has 0 spiro atoms. The maximum Gasteiger partial charge on any atom is 0.236 e. The van der Waals surface area contributed by atoms with Crippen LogP contribution in [0, 0.1) is 17.8 Å². The van der Waals surface area contributed by atoms with Crippen LogP contribution in [0.3, 0.4) is 0 Å². The van der Waals surface area contributed by atoms with Gasteiger partial charge in [-0.05, 0) is 56.9 Å². The Morgan fingerprint density at radius 2 is 1.55 bits per heavy atom. The third-order valence-corrected chi connectivity index (χ3v) is 5.21. The summed E-state index contributed by atoms with van der Waals surface area (Å²) < 4.78 is 0. The molecule has 20 heavy (non-hydrogen) atoms. The summed E-state index contributed by atoms with van der Waals surface area (Å²) in [5, 5.41) is 0. The minimum absolute atomic E-state index is 0.338. The van der Waals surface area contributed by atoms with Crippen molar-refractivity contribution in [2.24, 2.45) is 17.8 Å². The molecule has 2 rings (SSSR count). The van der Waals surface area contributed by atoms with Gasteiger partial charge < -0.3 is 4.90 Å². The first-order valence-electron chi connectivity index (χ1n) is 8.43. The maximum absolute atomic E-state index is 12.5. The standard InChI is InChI=1S/C17H32N2O/c1-13-5-7-16(8-6-13)18(4)12-17(20)19-10-14(2)9-15(3)11-19/h13-16H,5-12H2,1-4H3. The lowest BCUT2D eigenvalue weighted by Crippen LogP contribution is -2.48. The summed E-state index contributed by atoms with van der Waals surface area (Å²) in [6.45, 7) is 9.40. The number of hydrogen-bond donors (Lipinski definition) is 0. The van der Waals surface area contributed by atoms with Gasteiger partial charge in [-0.3, -0.25) is 9.69 Å². The number of rotatable bonds is 3. The van der Waals surface area contributed by atoms with Crippen LogP contribution < -0.4 is 0 Å². The van der Waals surface area contributed by atoms with E-state index in [2.05, 4.69) is 37.6 Å². The Hall–Kier alpha value is -0.570. The van der Waals surface area contributed by atoms with Crippen LogP contribution in [0.4, 0.5) is 0 Å². The molecule has 3 heteroatoms. The summed E-state index contributed by atoms with van der Waals surface area (Å²) in [5.74, 6) is 2.52. The number of amides is 1. The minimum Gasteiger partial charge on any atom is -0.341 e. The van der Waals surface area contributed by atoms with Gasteiger partial charge in [-0.1, -0.05) is 20.8 Å². The molecule has 1 amide bonds. The molecule has 2 atom stereocenters. The number of hydrogen-bond acceptors (Lipinski definition) is 2. The second-order valence-corrected chi connectivity index (χ2v) is 7.57. The lowest BCUT2D eigenvalue weighted by atomic mass is 9.87. The minimum atomic E-state index is 0.338. The molecular weight excluding hydrogens is 248 g/mol. The van der Waals surface area contributed by atoms with Gasteiger partial charge in [-0.25, -0.2) is 0 Å². The fraction of sp³-hybridized carbons (Fsp3) is 0.941. The summed E-state index contributed by atoms with van der Waals surface area (Å²) in [6.07, 6.45) is 6.43. The lowest BCUT2D eigenvalue weighted by molar-refractivity contribution is -0.135. The zero-order chi connectivity index (χ0) is 14.7. The van der Waals surface area contributed by atoms with E-state index < -0.39 is 0 Å². The summed E-state index contributed by atoms with van der Waals surface area (Å²) in [7, 11) is 2.13. The molecule has 3 nitrogen and oxygen atoms in total. The van der Waals surface area contributed by atoms with E-state index in [9.17, 15) is 4.79 Å². The van der Waals surface area contributed by atoms with Crippen molar-refractivity contribution in [1.29, 1.82) is 0 Å². The van der Waals surface area contributed by atoms with E-state index in [1.807, 2.05) is 0 Å². The van der Waals surface area contributed by atoms with E-state index in [4.69, 9.17) is 0 Å². The van der Waals surface area contributed by atoms with Gasteiger partial charge in [0.25, 0.3) is 0 Å². The molecule has 0 N–H and O–H groups in total. The van der Waals surface area contributed by atoms with Crippen LogP contribution in [-0.2, 0) is 4.79 Å². The van der Waals surface area contributed by atoms with Gasteiger partial charge in [-0.15, -0.1) is 0 Å². The van der Waals surface area contributed by atoms with Crippen molar-refractivity contribution in [3.05, 3.63) is 0 Å². The largest absolute Gasteiger partial charge is 0.341 e. The molecule has 1 heterocycles. The highest BCUT2D eigenvalue weighted by molar-refractivity contribution is 5.78. The van der Waals surface area contributed by atoms with Crippen LogP contribution in [0.25, 0.3) is 0 Å². The number of nitrogens with zero attached hydrogens (tertiary/aromatic N) is 2. The van der Waals surface area contributed by atoms with Gasteiger partial charge in [0.2, 0.25) is 5.91 Å². The van der Waals surface area contributed by atoms with E-state index in [0.717, 1.165) is 19.0 Å². The predicted octanol–water partition coefficient (Wildman–Crippen LogP) is 3.00. The SMILES string of the molecule is CC1CCC(N(C)CC(=O)N2CC(C)CC(C)C2)CC1. The van der Waals surface area contributed by atoms with Crippen molar-refractivity contribution in [2.75, 3.05) is 26.7 Å². The highest BCUT2D eigenvalue weighted by Crippen LogP contribution is 2.27. The highest BCUT2D eigenvalue weighted by atomic mass is 16.2. The third-order valence-electron chi connectivity index (χ3n) is 5.21. The molecule has 1 saturated carbocycles. The quantitative estimate of drug-likeness (QED) is 0.793. The average Bonchev–Trinajstić information content (AvgIpc) is 2.38. The van der Waals surface area contributed by atoms with Crippen LogP contribution in [0.2, 0.25) is 0 Å². The molecule has 1 aliphatic heterocycles. The molecule has 0 radical (unpaired) electrons. The Balaban J connectivity index is 1.81. The summed E-state index contributed by atoms with van der Waals surface area (Å²) in [6, 6.07) is 0.620. The van der Waals surface area contributed by atoms with E-state index in [-0.39, 0.29) is 0 Å². The fourth-order valence-corrected chi connectivity index (χ4v) is 3.99. The summed E-state index contributed by atoms with van der Waals surface area (Å²) in [4.78, 5) is 16.9. The molecule has 2 aliphatic rings. The Labute approximate surface area is 124 Å². The molecule has 2 unspecified atom stereocenters. The molecule has 2 fully saturated rings. The first-order valence-corrected chi connectivity index (χ1v) is 8.43. The zero-order valence-corrected chi connectivity index (χ0v) is 13.8. The second kappa shape index (κ2) is 6.93. The van der Waals surface area contributed by atoms with E-state index in [1.54, 1.807) is 0 Å². The predicted molar refractivity (Wildman–Crippen MR) is 83.6 cm³/mol. The fourth-order valence-electron chi connectivity index (χ4n) is 3.99. The molecular formula is C17H32N2O. The van der Waals surface area contributed by atoms with Gasteiger partial charge >= 0.3 is 0 Å². The van der Waals surface area contributed by atoms with Gasteiger partial charge in [0.05, 0.1) is 6.54 Å². The average molecular weight is 280 g/mol. The Morgan fingerprint density at radius 3 is 2.10 bits per heavy atom. The van der Waals surface area contributed by atoms with Crippen molar-refractivity contribution in [2.45, 2.75) is 58.9 Å². The maximum atomic E-state index is 12.5. The Bertz CT molecular complexity index is 313. The van der Waals surface area contributed by atoms with Crippen LogP contribution in [0.5, 0.6) is 0 Å². The molecule has 0 aromatic heterocycles. The van der Waals surface area contributed by atoms with Crippen molar-refractivity contribution in [3.8, 4) is 0 Å². The smallest absolute Gasteiger partial charge is 0.236 e. The first-order chi connectivity index (χ1) is 9.45. The van der Waals surface area contributed by atoms with Crippen molar-refractivity contribution >= 4 is 5.91 Å². The van der Waals surface area contributed by atoms with E-state index in [1.165, 1.54) is 32.1 Å². The van der Waals surface area contributed by atoms with Crippen LogP contribution >= 0.6 is 0 Å². The number of likely N-dealkylation sites (tertiary alicyclic amines) is 1. The molecule has 0 bridgehead atoms. The molecule has 0 aromatic rings. The monoisotopic (exact) mass is 280 g/mol. The summed E-state index contributed by atoms with van der Waals surface area (Å²) in [5.41, 5.74) is 0. The van der Waals surface area contributed by atoms with Crippen LogP contribution in [-0.4, -0.2) is 48.4 Å². The highest BCUT2D eigenvalue weighted by Gasteiger charge is 2.28. The second-order valence-electron chi connectivity index (χ2n) is 7.57. The molecule has 1 aliphatic carbocycles. The van der Waals surface area contributed by atoms with Crippen molar-refractivity contribution in [3.63, 3.8) is 0 Å². The first kappa shape index (κ1) is 15.8. The van der Waals surface area contributed by atoms with Crippen molar-refractivity contribution < 1.29 is 4.79 Å². The third kappa shape index (κ3) is 4.21. The Kier molecular flexibility index (Phi) is 5.48. The number of carbonyl (C=O) groups is 1. The Morgan fingerprint density at radius 1 is 1.00 bits per heavy atom. The zero-order valence-electron chi connectivity index (χ0n) is 13.8. The molecule has 1 saturated heterocycles. The number of likely N-dealkylation sites (N-methyl/N-ethyl adjacent to an activating group) is 1. The molecule has 0 aromatic carbocycles. The van der Waals surface area contributed by atoms with Gasteiger partial charge in [-0.2, -0.15) is 0 Å². The number of piperidine rings is 1. The normalized spacial score (nSPS) is 35.4.